The maximum atomic E-state index is 12.3. The molecule has 1 aromatic carbocycles. The Morgan fingerprint density at radius 1 is 1.44 bits per heavy atom. The number of rotatable bonds is 6. The molecule has 0 atom stereocenters. The summed E-state index contributed by atoms with van der Waals surface area (Å²) < 4.78 is 6.08. The number of thiol groups is 1. The summed E-state index contributed by atoms with van der Waals surface area (Å²) >= 11 is 7.66. The molecule has 18 heavy (non-hydrogen) atoms. The number of nitrogens with zero attached hydrogens (tertiary/aromatic N) is 1. The van der Waals surface area contributed by atoms with Gasteiger partial charge in [-0.15, -0.1) is 12.6 Å². The van der Waals surface area contributed by atoms with Gasteiger partial charge < -0.3 is 9.64 Å². The SMILES string of the molecule is CCOCCN(CC)C(=O)c1cc(S)ccc1Br. The molecule has 0 saturated heterocycles. The molecule has 0 aliphatic carbocycles. The molecule has 0 radical (unpaired) electrons. The molecule has 0 spiro atoms. The summed E-state index contributed by atoms with van der Waals surface area (Å²) in [4.78, 5) is 14.9. The fraction of sp³-hybridized carbons (Fsp3) is 0.462. The van der Waals surface area contributed by atoms with Gasteiger partial charge in [0, 0.05) is 29.1 Å². The summed E-state index contributed by atoms with van der Waals surface area (Å²) in [6.07, 6.45) is 0. The lowest BCUT2D eigenvalue weighted by atomic mass is 10.2. The molecule has 0 aromatic heterocycles. The Labute approximate surface area is 122 Å². The fourth-order valence-electron chi connectivity index (χ4n) is 1.57. The van der Waals surface area contributed by atoms with Crippen molar-refractivity contribution in [3.63, 3.8) is 0 Å². The van der Waals surface area contributed by atoms with E-state index in [0.29, 0.717) is 31.9 Å². The van der Waals surface area contributed by atoms with Crippen LogP contribution in [0.3, 0.4) is 0 Å². The number of halogens is 1. The van der Waals surface area contributed by atoms with Crippen LogP contribution in [0.4, 0.5) is 0 Å². The van der Waals surface area contributed by atoms with Crippen LogP contribution in [0.2, 0.25) is 0 Å². The van der Waals surface area contributed by atoms with Crippen LogP contribution in [0.15, 0.2) is 27.6 Å². The van der Waals surface area contributed by atoms with Gasteiger partial charge in [0.15, 0.2) is 0 Å². The van der Waals surface area contributed by atoms with E-state index < -0.39 is 0 Å². The molecule has 0 heterocycles. The van der Waals surface area contributed by atoms with E-state index in [1.165, 1.54) is 0 Å². The smallest absolute Gasteiger partial charge is 0.255 e. The van der Waals surface area contributed by atoms with Crippen molar-refractivity contribution in [1.82, 2.24) is 4.90 Å². The minimum Gasteiger partial charge on any atom is -0.380 e. The molecule has 0 saturated carbocycles. The van der Waals surface area contributed by atoms with E-state index in [9.17, 15) is 4.79 Å². The Hall–Kier alpha value is -0.520. The predicted octanol–water partition coefficient (Wildman–Crippen LogP) is 3.24. The van der Waals surface area contributed by atoms with Gasteiger partial charge >= 0.3 is 0 Å². The van der Waals surface area contributed by atoms with Crippen LogP contribution in [0.25, 0.3) is 0 Å². The lowest BCUT2D eigenvalue weighted by Gasteiger charge is -2.21. The van der Waals surface area contributed by atoms with E-state index in [-0.39, 0.29) is 5.91 Å². The van der Waals surface area contributed by atoms with E-state index in [0.717, 1.165) is 9.37 Å². The summed E-state index contributed by atoms with van der Waals surface area (Å²) in [5, 5.41) is 0. The molecule has 0 N–H and O–H groups in total. The zero-order valence-corrected chi connectivity index (χ0v) is 13.1. The number of likely N-dealkylation sites (N-methyl/N-ethyl adjacent to an activating group) is 1. The van der Waals surface area contributed by atoms with Crippen LogP contribution in [0.5, 0.6) is 0 Å². The van der Waals surface area contributed by atoms with Crippen LogP contribution >= 0.6 is 28.6 Å². The predicted molar refractivity (Wildman–Crippen MR) is 79.5 cm³/mol. The van der Waals surface area contributed by atoms with E-state index in [1.807, 2.05) is 26.0 Å². The van der Waals surface area contributed by atoms with Crippen molar-refractivity contribution in [1.29, 1.82) is 0 Å². The second kappa shape index (κ2) is 7.81. The van der Waals surface area contributed by atoms with Gasteiger partial charge in [0.25, 0.3) is 5.91 Å². The molecular weight excluding hydrogens is 314 g/mol. The van der Waals surface area contributed by atoms with Gasteiger partial charge in [-0.25, -0.2) is 0 Å². The molecule has 1 amide bonds. The molecule has 100 valence electrons. The number of hydrogen-bond acceptors (Lipinski definition) is 3. The van der Waals surface area contributed by atoms with Gasteiger partial charge in [-0.3, -0.25) is 4.79 Å². The van der Waals surface area contributed by atoms with Crippen LogP contribution in [0, 0.1) is 0 Å². The first-order chi connectivity index (χ1) is 8.60. The van der Waals surface area contributed by atoms with Gasteiger partial charge in [0.05, 0.1) is 12.2 Å². The Balaban J connectivity index is 2.79. The van der Waals surface area contributed by atoms with Crippen LogP contribution < -0.4 is 0 Å². The average molecular weight is 332 g/mol. The third-order valence-electron chi connectivity index (χ3n) is 2.56. The van der Waals surface area contributed by atoms with Gasteiger partial charge in [0.1, 0.15) is 0 Å². The minimum absolute atomic E-state index is 0.0000203. The number of benzene rings is 1. The lowest BCUT2D eigenvalue weighted by Crippen LogP contribution is -2.34. The molecule has 1 aromatic rings. The van der Waals surface area contributed by atoms with Crippen molar-refractivity contribution < 1.29 is 9.53 Å². The Bertz CT molecular complexity index is 412. The molecule has 0 aliphatic rings. The quantitative estimate of drug-likeness (QED) is 0.640. The lowest BCUT2D eigenvalue weighted by molar-refractivity contribution is 0.0668. The summed E-state index contributed by atoms with van der Waals surface area (Å²) in [6.45, 7) is 6.40. The fourth-order valence-corrected chi connectivity index (χ4v) is 2.19. The molecule has 5 heteroatoms. The maximum absolute atomic E-state index is 12.3. The Morgan fingerprint density at radius 3 is 2.78 bits per heavy atom. The maximum Gasteiger partial charge on any atom is 0.255 e. The molecule has 0 unspecified atom stereocenters. The van der Waals surface area contributed by atoms with Crippen molar-refractivity contribution >= 4 is 34.5 Å². The molecule has 0 bridgehead atoms. The van der Waals surface area contributed by atoms with Gasteiger partial charge in [-0.2, -0.15) is 0 Å². The highest BCUT2D eigenvalue weighted by Gasteiger charge is 2.16. The van der Waals surface area contributed by atoms with Crippen LogP contribution in [-0.2, 0) is 4.74 Å². The van der Waals surface area contributed by atoms with Crippen LogP contribution in [-0.4, -0.2) is 37.1 Å². The summed E-state index contributed by atoms with van der Waals surface area (Å²) in [5.41, 5.74) is 0.640. The van der Waals surface area contributed by atoms with Crippen molar-refractivity contribution in [2.75, 3.05) is 26.3 Å². The molecule has 0 fully saturated rings. The molecule has 0 aliphatic heterocycles. The van der Waals surface area contributed by atoms with E-state index >= 15 is 0 Å². The highest BCUT2D eigenvalue weighted by atomic mass is 79.9. The first-order valence-electron chi connectivity index (χ1n) is 5.95. The second-order valence-corrected chi connectivity index (χ2v) is 5.12. The van der Waals surface area contributed by atoms with E-state index in [2.05, 4.69) is 28.6 Å². The van der Waals surface area contributed by atoms with E-state index in [4.69, 9.17) is 4.74 Å². The third-order valence-corrected chi connectivity index (χ3v) is 3.53. The highest BCUT2D eigenvalue weighted by Crippen LogP contribution is 2.21. The van der Waals surface area contributed by atoms with Gasteiger partial charge in [-0.1, -0.05) is 0 Å². The van der Waals surface area contributed by atoms with Crippen molar-refractivity contribution in [2.45, 2.75) is 18.7 Å². The Morgan fingerprint density at radius 2 is 2.17 bits per heavy atom. The zero-order chi connectivity index (χ0) is 13.5. The van der Waals surface area contributed by atoms with E-state index in [1.54, 1.807) is 11.0 Å². The number of amides is 1. The summed E-state index contributed by atoms with van der Waals surface area (Å²) in [7, 11) is 0. The number of hydrogen-bond donors (Lipinski definition) is 1. The Kier molecular flexibility index (Phi) is 6.75. The molecule has 3 nitrogen and oxygen atoms in total. The monoisotopic (exact) mass is 331 g/mol. The second-order valence-electron chi connectivity index (χ2n) is 3.75. The number of ether oxygens (including phenoxy) is 1. The van der Waals surface area contributed by atoms with Gasteiger partial charge in [-0.05, 0) is 48.0 Å². The third kappa shape index (κ3) is 4.30. The minimum atomic E-state index is -0.0000203. The average Bonchev–Trinajstić information content (AvgIpc) is 2.37. The molecular formula is C13H18BrNO2S. The largest absolute Gasteiger partial charge is 0.380 e. The van der Waals surface area contributed by atoms with Gasteiger partial charge in [0.2, 0.25) is 0 Å². The number of carbonyl (C=O) groups excluding carboxylic acids is 1. The summed E-state index contributed by atoms with van der Waals surface area (Å²) in [6, 6.07) is 5.46. The summed E-state index contributed by atoms with van der Waals surface area (Å²) in [5.74, 6) is -0.0000203. The normalized spacial score (nSPS) is 10.4. The zero-order valence-electron chi connectivity index (χ0n) is 10.6. The topological polar surface area (TPSA) is 29.5 Å². The van der Waals surface area contributed by atoms with Crippen molar-refractivity contribution in [3.8, 4) is 0 Å². The number of carbonyl (C=O) groups is 1. The first-order valence-corrected chi connectivity index (χ1v) is 7.19. The van der Waals surface area contributed by atoms with Crippen molar-refractivity contribution in [2.24, 2.45) is 0 Å². The standard InChI is InChI=1S/C13H18BrNO2S/c1-3-15(7-8-17-4-2)13(16)11-9-10(18)5-6-12(11)14/h5-6,9,18H,3-4,7-8H2,1-2H3. The molecule has 1 rings (SSSR count). The van der Waals surface area contributed by atoms with Crippen molar-refractivity contribution in [3.05, 3.63) is 28.2 Å². The first kappa shape index (κ1) is 15.5. The highest BCUT2D eigenvalue weighted by molar-refractivity contribution is 9.10. The van der Waals surface area contributed by atoms with Crippen LogP contribution in [0.1, 0.15) is 24.2 Å².